The maximum Gasteiger partial charge on any atom is 0.226 e. The molecule has 5 nitrogen and oxygen atoms in total. The summed E-state index contributed by atoms with van der Waals surface area (Å²) < 4.78 is 10.9. The summed E-state index contributed by atoms with van der Waals surface area (Å²) in [6, 6.07) is 7.50. The molecule has 0 spiro atoms. The fourth-order valence-electron chi connectivity index (χ4n) is 2.89. The molecule has 0 radical (unpaired) electrons. The van der Waals surface area contributed by atoms with Gasteiger partial charge in [0.05, 0.1) is 20.1 Å². The highest BCUT2D eigenvalue weighted by molar-refractivity contribution is 5.76. The van der Waals surface area contributed by atoms with Crippen molar-refractivity contribution in [2.24, 2.45) is 5.92 Å². The molecule has 1 N–H and O–H groups in total. The van der Waals surface area contributed by atoms with E-state index in [9.17, 15) is 4.79 Å². The molecule has 5 heteroatoms. The first kappa shape index (κ1) is 16.6. The first-order valence-electron chi connectivity index (χ1n) is 7.92. The van der Waals surface area contributed by atoms with Gasteiger partial charge in [-0.15, -0.1) is 0 Å². The van der Waals surface area contributed by atoms with E-state index < -0.39 is 0 Å². The van der Waals surface area contributed by atoms with Gasteiger partial charge >= 0.3 is 0 Å². The number of likely N-dealkylation sites (tertiary alicyclic amines) is 1. The molecule has 1 aromatic rings. The van der Waals surface area contributed by atoms with Crippen molar-refractivity contribution in [2.75, 3.05) is 40.4 Å². The molecular weight excluding hydrogens is 280 g/mol. The van der Waals surface area contributed by atoms with Gasteiger partial charge in [-0.25, -0.2) is 0 Å². The number of hydrogen-bond acceptors (Lipinski definition) is 4. The minimum Gasteiger partial charge on any atom is -0.493 e. The number of ether oxygens (including phenoxy) is 2. The van der Waals surface area contributed by atoms with Crippen LogP contribution in [0, 0.1) is 5.92 Å². The molecule has 1 aliphatic heterocycles. The Kier molecular flexibility index (Phi) is 6.52. The highest BCUT2D eigenvalue weighted by Crippen LogP contribution is 2.26. The van der Waals surface area contributed by atoms with Gasteiger partial charge in [0.25, 0.3) is 0 Å². The Balaban J connectivity index is 1.77. The van der Waals surface area contributed by atoms with Crippen LogP contribution < -0.4 is 14.8 Å². The van der Waals surface area contributed by atoms with E-state index in [1.165, 1.54) is 6.42 Å². The predicted molar refractivity (Wildman–Crippen MR) is 86.3 cm³/mol. The zero-order chi connectivity index (χ0) is 15.8. The molecular formula is C17H26N2O3. The third-order valence-corrected chi connectivity index (χ3v) is 4.01. The molecule has 0 bridgehead atoms. The zero-order valence-electron chi connectivity index (χ0n) is 13.5. The van der Waals surface area contributed by atoms with Crippen LogP contribution in [0.5, 0.6) is 11.5 Å². The van der Waals surface area contributed by atoms with E-state index in [0.717, 1.165) is 26.1 Å². The average molecular weight is 306 g/mol. The van der Waals surface area contributed by atoms with Crippen molar-refractivity contribution in [1.29, 1.82) is 0 Å². The molecule has 0 unspecified atom stereocenters. The molecule has 1 amide bonds. The minimum absolute atomic E-state index is 0.177. The standard InChI is InChI=1S/C17H26N2O3/c1-18-12-14-6-5-10-19(13-14)17(20)9-11-22-16-8-4-3-7-15(16)21-2/h3-4,7-8,14,18H,5-6,9-13H2,1-2H3/t14-/m1/s1. The topological polar surface area (TPSA) is 50.8 Å². The van der Waals surface area contributed by atoms with Crippen LogP contribution in [0.1, 0.15) is 19.3 Å². The molecule has 0 saturated carbocycles. The van der Waals surface area contributed by atoms with E-state index in [1.54, 1.807) is 7.11 Å². The minimum atomic E-state index is 0.177. The Morgan fingerprint density at radius 3 is 2.86 bits per heavy atom. The number of nitrogens with one attached hydrogen (secondary N) is 1. The fraction of sp³-hybridized carbons (Fsp3) is 0.588. The normalized spacial score (nSPS) is 18.1. The number of hydrogen-bond donors (Lipinski definition) is 1. The summed E-state index contributed by atoms with van der Waals surface area (Å²) in [5.74, 6) is 2.13. The molecule has 2 rings (SSSR count). The van der Waals surface area contributed by atoms with Crippen LogP contribution in [0.3, 0.4) is 0 Å². The maximum atomic E-state index is 12.3. The Morgan fingerprint density at radius 1 is 1.36 bits per heavy atom. The highest BCUT2D eigenvalue weighted by Gasteiger charge is 2.22. The molecule has 122 valence electrons. The second kappa shape index (κ2) is 8.63. The zero-order valence-corrected chi connectivity index (χ0v) is 13.5. The fourth-order valence-corrected chi connectivity index (χ4v) is 2.89. The van der Waals surface area contributed by atoms with E-state index in [2.05, 4.69) is 5.32 Å². The van der Waals surface area contributed by atoms with Gasteiger partial charge in [0.1, 0.15) is 0 Å². The lowest BCUT2D eigenvalue weighted by Gasteiger charge is -2.32. The quantitative estimate of drug-likeness (QED) is 0.836. The first-order chi connectivity index (χ1) is 10.7. The molecule has 1 fully saturated rings. The molecule has 0 aliphatic carbocycles. The summed E-state index contributed by atoms with van der Waals surface area (Å²) in [5, 5.41) is 3.20. The number of para-hydroxylation sites is 2. The summed E-state index contributed by atoms with van der Waals surface area (Å²) >= 11 is 0. The van der Waals surface area contributed by atoms with Gasteiger partial charge < -0.3 is 19.7 Å². The summed E-state index contributed by atoms with van der Waals surface area (Å²) in [7, 11) is 3.57. The van der Waals surface area contributed by atoms with Crippen molar-refractivity contribution < 1.29 is 14.3 Å². The summed E-state index contributed by atoms with van der Waals surface area (Å²) in [6.45, 7) is 3.08. The third-order valence-electron chi connectivity index (χ3n) is 4.01. The monoisotopic (exact) mass is 306 g/mol. The van der Waals surface area contributed by atoms with Gasteiger partial charge in [-0.3, -0.25) is 4.79 Å². The highest BCUT2D eigenvalue weighted by atomic mass is 16.5. The van der Waals surface area contributed by atoms with Gasteiger partial charge in [-0.1, -0.05) is 12.1 Å². The average Bonchev–Trinajstić information content (AvgIpc) is 2.56. The smallest absolute Gasteiger partial charge is 0.226 e. The van der Waals surface area contributed by atoms with Crippen molar-refractivity contribution in [2.45, 2.75) is 19.3 Å². The second-order valence-corrected chi connectivity index (χ2v) is 5.66. The van der Waals surface area contributed by atoms with Crippen molar-refractivity contribution >= 4 is 5.91 Å². The Bertz CT molecular complexity index is 477. The number of methoxy groups -OCH3 is 1. The van der Waals surface area contributed by atoms with Crippen LogP contribution in [0.2, 0.25) is 0 Å². The van der Waals surface area contributed by atoms with Crippen LogP contribution in [0.4, 0.5) is 0 Å². The van der Waals surface area contributed by atoms with Gasteiger partial charge in [0.2, 0.25) is 5.91 Å². The number of rotatable bonds is 7. The predicted octanol–water partition coefficient (Wildman–Crippen LogP) is 1.92. The largest absolute Gasteiger partial charge is 0.493 e. The van der Waals surface area contributed by atoms with E-state index in [4.69, 9.17) is 9.47 Å². The Hall–Kier alpha value is -1.75. The molecule has 1 saturated heterocycles. The van der Waals surface area contributed by atoms with Crippen molar-refractivity contribution in [3.05, 3.63) is 24.3 Å². The van der Waals surface area contributed by atoms with Crippen LogP contribution in [0.15, 0.2) is 24.3 Å². The van der Waals surface area contributed by atoms with Gasteiger partial charge in [-0.05, 0) is 44.5 Å². The van der Waals surface area contributed by atoms with Crippen LogP contribution in [-0.4, -0.2) is 51.2 Å². The van der Waals surface area contributed by atoms with Gasteiger partial charge in [0, 0.05) is 13.1 Å². The third kappa shape index (κ3) is 4.63. The number of piperidine rings is 1. The number of carbonyl (C=O) groups is 1. The van der Waals surface area contributed by atoms with Crippen LogP contribution in [-0.2, 0) is 4.79 Å². The molecule has 1 atom stereocenters. The lowest BCUT2D eigenvalue weighted by Crippen LogP contribution is -2.42. The SMILES string of the molecule is CNC[C@H]1CCCN(C(=O)CCOc2ccccc2OC)C1. The number of benzene rings is 1. The lowest BCUT2D eigenvalue weighted by atomic mass is 9.98. The molecule has 1 aliphatic rings. The summed E-state index contributed by atoms with van der Waals surface area (Å²) in [4.78, 5) is 14.3. The Morgan fingerprint density at radius 2 is 2.14 bits per heavy atom. The summed E-state index contributed by atoms with van der Waals surface area (Å²) in [5.41, 5.74) is 0. The van der Waals surface area contributed by atoms with Crippen LogP contribution in [0.25, 0.3) is 0 Å². The van der Waals surface area contributed by atoms with E-state index in [1.807, 2.05) is 36.2 Å². The maximum absolute atomic E-state index is 12.3. The number of amides is 1. The number of nitrogens with zero attached hydrogens (tertiary/aromatic N) is 1. The van der Waals surface area contributed by atoms with Crippen molar-refractivity contribution in [3.8, 4) is 11.5 Å². The Labute approximate surface area is 132 Å². The van der Waals surface area contributed by atoms with Crippen molar-refractivity contribution in [1.82, 2.24) is 10.2 Å². The molecule has 22 heavy (non-hydrogen) atoms. The van der Waals surface area contributed by atoms with Gasteiger partial charge in [0.15, 0.2) is 11.5 Å². The van der Waals surface area contributed by atoms with Crippen molar-refractivity contribution in [3.63, 3.8) is 0 Å². The summed E-state index contributed by atoms with van der Waals surface area (Å²) in [6.07, 6.45) is 2.69. The van der Waals surface area contributed by atoms with E-state index in [-0.39, 0.29) is 5.91 Å². The second-order valence-electron chi connectivity index (χ2n) is 5.66. The molecule has 1 heterocycles. The van der Waals surface area contributed by atoms with E-state index >= 15 is 0 Å². The lowest BCUT2D eigenvalue weighted by molar-refractivity contribution is -0.133. The first-order valence-corrected chi connectivity index (χ1v) is 7.92. The molecule has 0 aromatic heterocycles. The van der Waals surface area contributed by atoms with E-state index in [0.29, 0.717) is 30.4 Å². The van der Waals surface area contributed by atoms with Gasteiger partial charge in [-0.2, -0.15) is 0 Å². The molecule has 1 aromatic carbocycles. The number of carbonyl (C=O) groups excluding carboxylic acids is 1. The van der Waals surface area contributed by atoms with Crippen LogP contribution >= 0.6 is 0 Å².